The van der Waals surface area contributed by atoms with Gasteiger partial charge in [0.1, 0.15) is 5.82 Å². The molecule has 0 unspecified atom stereocenters. The van der Waals surface area contributed by atoms with E-state index in [4.69, 9.17) is 11.6 Å². The molecule has 0 spiro atoms. The molecule has 2 N–H and O–H groups in total. The maximum absolute atomic E-state index is 13.3. The Morgan fingerprint density at radius 2 is 1.86 bits per heavy atom. The SMILES string of the molecule is CC[C@H](C)NC(=O)C1(c2ccc(NS(=O)(=O)c3ccc(F)c(Cl)c3)cc2)CC1. The summed E-state index contributed by atoms with van der Waals surface area (Å²) in [6, 6.07) is 10.1. The monoisotopic (exact) mass is 424 g/mol. The Bertz CT molecular complexity index is 989. The van der Waals surface area contributed by atoms with E-state index in [-0.39, 0.29) is 21.9 Å². The topological polar surface area (TPSA) is 75.3 Å². The van der Waals surface area contributed by atoms with Gasteiger partial charge in [0.15, 0.2) is 0 Å². The molecule has 8 heteroatoms. The van der Waals surface area contributed by atoms with Crippen LogP contribution in [0.2, 0.25) is 5.02 Å². The molecule has 150 valence electrons. The molecule has 2 aromatic carbocycles. The normalized spacial score (nSPS) is 16.3. The predicted molar refractivity (Wildman–Crippen MR) is 107 cm³/mol. The van der Waals surface area contributed by atoms with Gasteiger partial charge in [0.2, 0.25) is 5.91 Å². The van der Waals surface area contributed by atoms with Crippen molar-refractivity contribution in [2.75, 3.05) is 4.72 Å². The first-order chi connectivity index (χ1) is 13.2. The summed E-state index contributed by atoms with van der Waals surface area (Å²) < 4.78 is 40.6. The molecule has 0 aliphatic heterocycles. The first kappa shape index (κ1) is 20.6. The number of carbonyl (C=O) groups excluding carboxylic acids is 1. The van der Waals surface area contributed by atoms with E-state index in [0.717, 1.165) is 43.0 Å². The fourth-order valence-electron chi connectivity index (χ4n) is 2.95. The highest BCUT2D eigenvalue weighted by atomic mass is 35.5. The maximum Gasteiger partial charge on any atom is 0.261 e. The number of rotatable bonds is 7. The summed E-state index contributed by atoms with van der Waals surface area (Å²) in [6.45, 7) is 3.98. The molecule has 1 amide bonds. The van der Waals surface area contributed by atoms with Gasteiger partial charge in [-0.15, -0.1) is 0 Å². The summed E-state index contributed by atoms with van der Waals surface area (Å²) in [5.41, 5.74) is 0.689. The van der Waals surface area contributed by atoms with Gasteiger partial charge in [-0.25, -0.2) is 12.8 Å². The van der Waals surface area contributed by atoms with E-state index in [9.17, 15) is 17.6 Å². The van der Waals surface area contributed by atoms with Crippen LogP contribution < -0.4 is 10.0 Å². The van der Waals surface area contributed by atoms with E-state index in [2.05, 4.69) is 10.0 Å². The molecular weight excluding hydrogens is 403 g/mol. The van der Waals surface area contributed by atoms with Crippen LogP contribution in [0.4, 0.5) is 10.1 Å². The van der Waals surface area contributed by atoms with Gasteiger partial charge in [-0.05, 0) is 62.1 Å². The number of halogens is 2. The Hall–Kier alpha value is -2.12. The summed E-state index contributed by atoms with van der Waals surface area (Å²) in [7, 11) is -3.90. The predicted octanol–water partition coefficient (Wildman–Crippen LogP) is 4.23. The Kier molecular flexibility index (Phi) is 5.68. The lowest BCUT2D eigenvalue weighted by molar-refractivity contribution is -0.124. The molecule has 5 nitrogen and oxygen atoms in total. The molecule has 1 aliphatic carbocycles. The zero-order valence-electron chi connectivity index (χ0n) is 15.6. The number of nitrogens with one attached hydrogen (secondary N) is 2. The minimum atomic E-state index is -3.90. The number of amides is 1. The molecule has 0 radical (unpaired) electrons. The average Bonchev–Trinajstić information content (AvgIpc) is 3.46. The van der Waals surface area contributed by atoms with Crippen LogP contribution in [-0.4, -0.2) is 20.4 Å². The molecule has 28 heavy (non-hydrogen) atoms. The number of hydrogen-bond donors (Lipinski definition) is 2. The van der Waals surface area contributed by atoms with Crippen LogP contribution in [0.5, 0.6) is 0 Å². The second-order valence-corrected chi connectivity index (χ2v) is 9.21. The molecule has 0 saturated heterocycles. The third-order valence-electron chi connectivity index (χ3n) is 5.07. The van der Waals surface area contributed by atoms with Gasteiger partial charge in [0, 0.05) is 11.7 Å². The van der Waals surface area contributed by atoms with Crippen molar-refractivity contribution in [3.63, 3.8) is 0 Å². The molecule has 1 atom stereocenters. The largest absolute Gasteiger partial charge is 0.353 e. The fraction of sp³-hybridized carbons (Fsp3) is 0.350. The molecule has 1 aliphatic rings. The average molecular weight is 425 g/mol. The van der Waals surface area contributed by atoms with Gasteiger partial charge in [0.25, 0.3) is 10.0 Å². The van der Waals surface area contributed by atoms with Crippen molar-refractivity contribution in [1.82, 2.24) is 5.32 Å². The van der Waals surface area contributed by atoms with E-state index in [1.54, 1.807) is 24.3 Å². The molecule has 0 bridgehead atoms. The van der Waals surface area contributed by atoms with Crippen molar-refractivity contribution in [3.05, 3.63) is 58.9 Å². The smallest absolute Gasteiger partial charge is 0.261 e. The number of benzene rings is 2. The third kappa shape index (κ3) is 4.15. The number of sulfonamides is 1. The molecular formula is C20H22ClFN2O3S. The van der Waals surface area contributed by atoms with Crippen molar-refractivity contribution in [2.24, 2.45) is 0 Å². The van der Waals surface area contributed by atoms with Crippen molar-refractivity contribution in [3.8, 4) is 0 Å². The lowest BCUT2D eigenvalue weighted by Gasteiger charge is -2.19. The standard InChI is InChI=1S/C20H22ClFN2O3S/c1-3-13(2)23-19(25)20(10-11-20)14-4-6-15(7-5-14)24-28(26,27)16-8-9-18(22)17(21)12-16/h4-9,12-13,24H,3,10-11H2,1-2H3,(H,23,25)/t13-/m0/s1. The molecule has 1 saturated carbocycles. The van der Waals surface area contributed by atoms with Crippen molar-refractivity contribution < 1.29 is 17.6 Å². The molecule has 0 heterocycles. The van der Waals surface area contributed by atoms with Crippen LogP contribution in [0.1, 0.15) is 38.7 Å². The Balaban J connectivity index is 1.76. The maximum atomic E-state index is 13.3. The Morgan fingerprint density at radius 3 is 2.39 bits per heavy atom. The minimum Gasteiger partial charge on any atom is -0.353 e. The summed E-state index contributed by atoms with van der Waals surface area (Å²) in [5.74, 6) is -0.675. The van der Waals surface area contributed by atoms with Crippen molar-refractivity contribution >= 4 is 33.2 Å². The van der Waals surface area contributed by atoms with Gasteiger partial charge in [-0.3, -0.25) is 9.52 Å². The van der Waals surface area contributed by atoms with Gasteiger partial charge >= 0.3 is 0 Å². The second kappa shape index (κ2) is 7.72. The van der Waals surface area contributed by atoms with Crippen LogP contribution in [0, 0.1) is 5.82 Å². The summed E-state index contributed by atoms with van der Waals surface area (Å²) in [4.78, 5) is 12.5. The highest BCUT2D eigenvalue weighted by Crippen LogP contribution is 2.48. The second-order valence-electron chi connectivity index (χ2n) is 7.12. The number of anilines is 1. The zero-order valence-corrected chi connectivity index (χ0v) is 17.2. The van der Waals surface area contributed by atoms with Gasteiger partial charge in [-0.2, -0.15) is 0 Å². The molecule has 3 rings (SSSR count). The van der Waals surface area contributed by atoms with Crippen LogP contribution in [0.3, 0.4) is 0 Å². The summed E-state index contributed by atoms with van der Waals surface area (Å²) >= 11 is 5.67. The van der Waals surface area contributed by atoms with E-state index >= 15 is 0 Å². The van der Waals surface area contributed by atoms with Crippen LogP contribution >= 0.6 is 11.6 Å². The zero-order chi connectivity index (χ0) is 20.5. The van der Waals surface area contributed by atoms with E-state index < -0.39 is 21.3 Å². The Morgan fingerprint density at radius 1 is 1.21 bits per heavy atom. The van der Waals surface area contributed by atoms with Crippen LogP contribution in [0.25, 0.3) is 0 Å². The highest BCUT2D eigenvalue weighted by Gasteiger charge is 2.51. The quantitative estimate of drug-likeness (QED) is 0.698. The van der Waals surface area contributed by atoms with Gasteiger partial charge < -0.3 is 5.32 Å². The molecule has 1 fully saturated rings. The molecule has 0 aromatic heterocycles. The third-order valence-corrected chi connectivity index (χ3v) is 6.73. The van der Waals surface area contributed by atoms with E-state index in [1.807, 2.05) is 13.8 Å². The first-order valence-corrected chi connectivity index (χ1v) is 10.9. The first-order valence-electron chi connectivity index (χ1n) is 9.07. The van der Waals surface area contributed by atoms with Crippen LogP contribution in [0.15, 0.2) is 47.4 Å². The Labute approximate surface area is 169 Å². The number of carbonyl (C=O) groups is 1. The fourth-order valence-corrected chi connectivity index (χ4v) is 4.28. The van der Waals surface area contributed by atoms with Gasteiger partial charge in [0.05, 0.1) is 15.3 Å². The lowest BCUT2D eigenvalue weighted by Crippen LogP contribution is -2.39. The number of hydrogen-bond acceptors (Lipinski definition) is 3. The van der Waals surface area contributed by atoms with E-state index in [1.165, 1.54) is 0 Å². The minimum absolute atomic E-state index is 0.0103. The molecule has 2 aromatic rings. The van der Waals surface area contributed by atoms with Crippen LogP contribution in [-0.2, 0) is 20.2 Å². The van der Waals surface area contributed by atoms with E-state index in [0.29, 0.717) is 5.69 Å². The van der Waals surface area contributed by atoms with Crippen molar-refractivity contribution in [1.29, 1.82) is 0 Å². The van der Waals surface area contributed by atoms with Gasteiger partial charge in [-0.1, -0.05) is 30.7 Å². The summed E-state index contributed by atoms with van der Waals surface area (Å²) in [6.07, 6.45) is 2.40. The highest BCUT2D eigenvalue weighted by molar-refractivity contribution is 7.92. The van der Waals surface area contributed by atoms with Crippen molar-refractivity contribution in [2.45, 2.75) is 49.5 Å². The lowest BCUT2D eigenvalue weighted by atomic mass is 9.94. The summed E-state index contributed by atoms with van der Waals surface area (Å²) in [5, 5.41) is 2.76.